The summed E-state index contributed by atoms with van der Waals surface area (Å²) in [4.78, 5) is 25.8. The molecule has 106 valence electrons. The third kappa shape index (κ3) is 2.23. The molecule has 1 aliphatic heterocycles. The Morgan fingerprint density at radius 2 is 1.95 bits per heavy atom. The van der Waals surface area contributed by atoms with Crippen molar-refractivity contribution in [2.45, 2.75) is 13.3 Å². The van der Waals surface area contributed by atoms with Crippen molar-refractivity contribution in [3.8, 4) is 0 Å². The molecule has 0 unspecified atom stereocenters. The molecule has 0 aliphatic carbocycles. The van der Waals surface area contributed by atoms with Gasteiger partial charge in [0.2, 0.25) is 5.91 Å². The maximum absolute atomic E-state index is 13.1. The maximum atomic E-state index is 13.1. The lowest BCUT2D eigenvalue weighted by molar-refractivity contribution is -0.117. The van der Waals surface area contributed by atoms with Crippen LogP contribution in [0.5, 0.6) is 0 Å². The quantitative estimate of drug-likeness (QED) is 0.795. The van der Waals surface area contributed by atoms with Crippen LogP contribution in [0.1, 0.15) is 27.0 Å². The van der Waals surface area contributed by atoms with Crippen LogP contribution in [-0.4, -0.2) is 18.7 Å². The largest absolute Gasteiger partial charge is 0.315 e. The lowest BCUT2D eigenvalue weighted by Gasteiger charge is -2.11. The zero-order valence-electron chi connectivity index (χ0n) is 11.8. The van der Waals surface area contributed by atoms with E-state index in [4.69, 9.17) is 0 Å². The highest BCUT2D eigenvalue weighted by molar-refractivity contribution is 6.11. The average Bonchev–Trinajstić information content (AvgIpc) is 2.73. The molecule has 4 heteroatoms. The fourth-order valence-corrected chi connectivity index (χ4v) is 2.65. The molecule has 0 aromatic heterocycles. The van der Waals surface area contributed by atoms with Crippen molar-refractivity contribution in [3.63, 3.8) is 0 Å². The Morgan fingerprint density at radius 1 is 1.19 bits per heavy atom. The molecule has 0 radical (unpaired) electrons. The summed E-state index contributed by atoms with van der Waals surface area (Å²) in [5.74, 6) is -0.491. The number of halogens is 1. The fraction of sp³-hybridized carbons (Fsp3) is 0.176. The van der Waals surface area contributed by atoms with Crippen LogP contribution < -0.4 is 4.90 Å². The summed E-state index contributed by atoms with van der Waals surface area (Å²) < 4.78 is 13.1. The molecule has 1 heterocycles. The summed E-state index contributed by atoms with van der Waals surface area (Å²) in [5.41, 5.74) is 3.30. The normalized spacial score (nSPS) is 13.5. The molecule has 0 spiro atoms. The molecule has 0 bridgehead atoms. The smallest absolute Gasteiger partial charge is 0.231 e. The summed E-state index contributed by atoms with van der Waals surface area (Å²) in [6.07, 6.45) is 0.315. The summed E-state index contributed by atoms with van der Waals surface area (Å²) >= 11 is 0. The fourth-order valence-electron chi connectivity index (χ4n) is 2.65. The van der Waals surface area contributed by atoms with Gasteiger partial charge < -0.3 is 4.90 Å². The Morgan fingerprint density at radius 3 is 2.67 bits per heavy atom. The SMILES string of the molecule is Cc1cc(F)ccc1C(=O)c1ccc2c(c1)CC(=O)N2C. The van der Waals surface area contributed by atoms with Crippen molar-refractivity contribution in [1.29, 1.82) is 0 Å². The highest BCUT2D eigenvalue weighted by Gasteiger charge is 2.25. The summed E-state index contributed by atoms with van der Waals surface area (Å²) in [5, 5.41) is 0. The van der Waals surface area contributed by atoms with E-state index in [-0.39, 0.29) is 17.5 Å². The van der Waals surface area contributed by atoms with Gasteiger partial charge in [-0.1, -0.05) is 0 Å². The highest BCUT2D eigenvalue weighted by atomic mass is 19.1. The van der Waals surface area contributed by atoms with Gasteiger partial charge in [0.05, 0.1) is 6.42 Å². The van der Waals surface area contributed by atoms with Crippen molar-refractivity contribution in [3.05, 3.63) is 64.5 Å². The number of fused-ring (bicyclic) bond motifs is 1. The second-order valence-corrected chi connectivity index (χ2v) is 5.26. The number of carbonyl (C=O) groups excluding carboxylic acids is 2. The van der Waals surface area contributed by atoms with E-state index in [1.165, 1.54) is 18.2 Å². The lowest BCUT2D eigenvalue weighted by atomic mass is 9.97. The van der Waals surface area contributed by atoms with E-state index >= 15 is 0 Å². The zero-order valence-corrected chi connectivity index (χ0v) is 11.8. The first-order valence-electron chi connectivity index (χ1n) is 6.67. The molecule has 0 atom stereocenters. The molecule has 0 N–H and O–H groups in total. The average molecular weight is 283 g/mol. The monoisotopic (exact) mass is 283 g/mol. The first kappa shape index (κ1) is 13.5. The van der Waals surface area contributed by atoms with Gasteiger partial charge in [0.1, 0.15) is 5.82 Å². The van der Waals surface area contributed by atoms with Gasteiger partial charge >= 0.3 is 0 Å². The van der Waals surface area contributed by atoms with Crippen LogP contribution in [0, 0.1) is 12.7 Å². The molecule has 2 aromatic rings. The van der Waals surface area contributed by atoms with Gasteiger partial charge in [-0.3, -0.25) is 9.59 Å². The van der Waals surface area contributed by atoms with Crippen molar-refractivity contribution in [1.82, 2.24) is 0 Å². The van der Waals surface area contributed by atoms with Gasteiger partial charge in [-0.05, 0) is 54.4 Å². The molecule has 3 nitrogen and oxygen atoms in total. The number of carbonyl (C=O) groups is 2. The van der Waals surface area contributed by atoms with E-state index in [1.807, 2.05) is 0 Å². The Balaban J connectivity index is 2.00. The van der Waals surface area contributed by atoms with Crippen molar-refractivity contribution >= 4 is 17.4 Å². The van der Waals surface area contributed by atoms with Crippen LogP contribution in [-0.2, 0) is 11.2 Å². The van der Waals surface area contributed by atoms with Gasteiger partial charge in [-0.2, -0.15) is 0 Å². The minimum Gasteiger partial charge on any atom is -0.315 e. The Kier molecular flexibility index (Phi) is 3.09. The Hall–Kier alpha value is -2.49. The lowest BCUT2D eigenvalue weighted by Crippen LogP contribution is -2.20. The van der Waals surface area contributed by atoms with Crippen molar-refractivity contribution < 1.29 is 14.0 Å². The van der Waals surface area contributed by atoms with E-state index in [9.17, 15) is 14.0 Å². The molecular formula is C17H14FNO2. The predicted octanol–water partition coefficient (Wildman–Crippen LogP) is 2.88. The molecule has 1 amide bonds. The molecule has 3 rings (SSSR count). The van der Waals surface area contributed by atoms with Gasteiger partial charge in [-0.25, -0.2) is 4.39 Å². The van der Waals surface area contributed by atoms with Crippen molar-refractivity contribution in [2.75, 3.05) is 11.9 Å². The van der Waals surface area contributed by atoms with Crippen LogP contribution in [0.3, 0.4) is 0 Å². The molecule has 0 saturated heterocycles. The first-order chi connectivity index (χ1) is 9.97. The van der Waals surface area contributed by atoms with Crippen LogP contribution in [0.25, 0.3) is 0 Å². The zero-order chi connectivity index (χ0) is 15.1. The van der Waals surface area contributed by atoms with E-state index < -0.39 is 0 Å². The van der Waals surface area contributed by atoms with Crippen LogP contribution in [0.2, 0.25) is 0 Å². The number of benzene rings is 2. The minimum atomic E-state index is -0.356. The number of ketones is 1. The van der Waals surface area contributed by atoms with E-state index in [1.54, 1.807) is 37.1 Å². The number of aryl methyl sites for hydroxylation is 1. The highest BCUT2D eigenvalue weighted by Crippen LogP contribution is 2.29. The second-order valence-electron chi connectivity index (χ2n) is 5.26. The van der Waals surface area contributed by atoms with E-state index in [0.29, 0.717) is 23.1 Å². The molecule has 1 aliphatic rings. The molecule has 21 heavy (non-hydrogen) atoms. The number of likely N-dealkylation sites (N-methyl/N-ethyl adjacent to an activating group) is 1. The topological polar surface area (TPSA) is 37.4 Å². The van der Waals surface area contributed by atoms with Gasteiger partial charge in [-0.15, -0.1) is 0 Å². The van der Waals surface area contributed by atoms with Crippen LogP contribution >= 0.6 is 0 Å². The number of anilines is 1. The summed E-state index contributed by atoms with van der Waals surface area (Å²) in [6.45, 7) is 1.71. The Labute approximate surface area is 122 Å². The predicted molar refractivity (Wildman–Crippen MR) is 78.1 cm³/mol. The van der Waals surface area contributed by atoms with Gasteiger partial charge in [0.25, 0.3) is 0 Å². The third-order valence-corrected chi connectivity index (χ3v) is 3.85. The molecule has 0 fully saturated rings. The van der Waals surface area contributed by atoms with Gasteiger partial charge in [0.15, 0.2) is 5.78 Å². The van der Waals surface area contributed by atoms with E-state index in [0.717, 1.165) is 11.3 Å². The molecule has 2 aromatic carbocycles. The number of amides is 1. The van der Waals surface area contributed by atoms with E-state index in [2.05, 4.69) is 0 Å². The number of hydrogen-bond donors (Lipinski definition) is 0. The minimum absolute atomic E-state index is 0.0209. The molecule has 0 saturated carbocycles. The van der Waals surface area contributed by atoms with Crippen LogP contribution in [0.15, 0.2) is 36.4 Å². The number of rotatable bonds is 2. The molecular weight excluding hydrogens is 269 g/mol. The second kappa shape index (κ2) is 4.81. The van der Waals surface area contributed by atoms with Crippen LogP contribution in [0.4, 0.5) is 10.1 Å². The summed E-state index contributed by atoms with van der Waals surface area (Å²) in [6, 6.07) is 9.37. The van der Waals surface area contributed by atoms with Gasteiger partial charge in [0, 0.05) is 23.9 Å². The summed E-state index contributed by atoms with van der Waals surface area (Å²) in [7, 11) is 1.72. The standard InChI is InChI=1S/C17H14FNO2/c1-10-7-13(18)4-5-14(10)17(21)11-3-6-15-12(8-11)9-16(20)19(15)2/h3-8H,9H2,1-2H3. The Bertz CT molecular complexity index is 767. The first-order valence-corrected chi connectivity index (χ1v) is 6.67. The number of nitrogens with zero attached hydrogens (tertiary/aromatic N) is 1. The van der Waals surface area contributed by atoms with Crippen molar-refractivity contribution in [2.24, 2.45) is 0 Å². The third-order valence-electron chi connectivity index (χ3n) is 3.85. The number of hydrogen-bond acceptors (Lipinski definition) is 2. The maximum Gasteiger partial charge on any atom is 0.231 e.